The average Bonchev–Trinajstić information content (AvgIpc) is 2.42. The van der Waals surface area contributed by atoms with Crippen LogP contribution in [0.25, 0.3) is 0 Å². The van der Waals surface area contributed by atoms with Crippen molar-refractivity contribution in [1.29, 1.82) is 0 Å². The summed E-state index contributed by atoms with van der Waals surface area (Å²) in [6.07, 6.45) is 5.00. The number of hydrogen-bond donors (Lipinski definition) is 2. The number of esters is 1. The minimum absolute atomic E-state index is 0.119. The van der Waals surface area contributed by atoms with Gasteiger partial charge in [-0.05, 0) is 6.42 Å². The van der Waals surface area contributed by atoms with Crippen LogP contribution < -0.4 is 11.5 Å². The molecule has 0 saturated carbocycles. The predicted molar refractivity (Wildman–Crippen MR) is 84.8 cm³/mol. The zero-order valence-electron chi connectivity index (χ0n) is 12.4. The molecule has 0 atom stereocenters. The lowest BCUT2D eigenvalue weighted by Gasteiger charge is -2.05. The van der Waals surface area contributed by atoms with E-state index in [0.29, 0.717) is 30.4 Å². The molecule has 0 spiro atoms. The zero-order valence-corrected chi connectivity index (χ0v) is 13.2. The number of aromatic nitrogens is 3. The van der Waals surface area contributed by atoms with Gasteiger partial charge in [-0.15, -0.1) is 11.8 Å². The van der Waals surface area contributed by atoms with Crippen LogP contribution in [0.5, 0.6) is 0 Å². The number of nitrogens with two attached hydrogens (primary N) is 2. The van der Waals surface area contributed by atoms with E-state index < -0.39 is 0 Å². The Morgan fingerprint density at radius 3 is 2.52 bits per heavy atom. The molecule has 0 radical (unpaired) electrons. The largest absolute Gasteiger partial charge is 0.465 e. The van der Waals surface area contributed by atoms with Crippen molar-refractivity contribution in [2.75, 3.05) is 29.6 Å². The molecule has 1 aromatic rings. The van der Waals surface area contributed by atoms with E-state index in [1.807, 2.05) is 0 Å². The summed E-state index contributed by atoms with van der Waals surface area (Å²) in [7, 11) is 0. The van der Waals surface area contributed by atoms with Crippen molar-refractivity contribution in [3.05, 3.63) is 5.82 Å². The molecule has 21 heavy (non-hydrogen) atoms. The minimum Gasteiger partial charge on any atom is -0.465 e. The van der Waals surface area contributed by atoms with Gasteiger partial charge in [-0.2, -0.15) is 15.0 Å². The third kappa shape index (κ3) is 8.34. The molecule has 0 bridgehead atoms. The average molecular weight is 313 g/mol. The van der Waals surface area contributed by atoms with Gasteiger partial charge in [0, 0.05) is 12.2 Å². The number of aryl methyl sites for hydroxylation is 1. The van der Waals surface area contributed by atoms with Crippen molar-refractivity contribution in [2.24, 2.45) is 0 Å². The molecule has 8 heteroatoms. The number of rotatable bonds is 10. The van der Waals surface area contributed by atoms with Crippen molar-refractivity contribution in [1.82, 2.24) is 15.0 Å². The summed E-state index contributed by atoms with van der Waals surface area (Å²) in [6, 6.07) is 0. The van der Waals surface area contributed by atoms with Crippen LogP contribution in [0.4, 0.5) is 11.9 Å². The van der Waals surface area contributed by atoms with Crippen LogP contribution in [0.15, 0.2) is 0 Å². The maximum absolute atomic E-state index is 11.5. The normalized spacial score (nSPS) is 10.5. The second-order valence-corrected chi connectivity index (χ2v) is 5.66. The molecule has 118 valence electrons. The molecule has 1 heterocycles. The van der Waals surface area contributed by atoms with Crippen LogP contribution in [0.2, 0.25) is 0 Å². The van der Waals surface area contributed by atoms with Crippen molar-refractivity contribution in [3.63, 3.8) is 0 Å². The SMILES string of the molecule is CCCCCCOC(=O)CSCCc1nc(N)nc(N)n1. The monoisotopic (exact) mass is 313 g/mol. The highest BCUT2D eigenvalue weighted by molar-refractivity contribution is 7.99. The van der Waals surface area contributed by atoms with Gasteiger partial charge in [0.15, 0.2) is 0 Å². The number of thioether (sulfide) groups is 1. The Hall–Kier alpha value is -1.57. The van der Waals surface area contributed by atoms with Crippen LogP contribution in [0.3, 0.4) is 0 Å². The summed E-state index contributed by atoms with van der Waals surface area (Å²) in [5, 5.41) is 0. The third-order valence-corrected chi connectivity index (χ3v) is 3.60. The van der Waals surface area contributed by atoms with Crippen LogP contribution in [-0.4, -0.2) is 39.0 Å². The molecular weight excluding hydrogens is 290 g/mol. The van der Waals surface area contributed by atoms with Gasteiger partial charge in [0.1, 0.15) is 5.82 Å². The Morgan fingerprint density at radius 1 is 1.14 bits per heavy atom. The Morgan fingerprint density at radius 2 is 1.86 bits per heavy atom. The number of hydrogen-bond acceptors (Lipinski definition) is 8. The number of ether oxygens (including phenoxy) is 1. The summed E-state index contributed by atoms with van der Waals surface area (Å²) in [5.74, 6) is 1.65. The molecule has 0 saturated heterocycles. The van der Waals surface area contributed by atoms with Gasteiger partial charge in [0.05, 0.1) is 12.4 Å². The van der Waals surface area contributed by atoms with Crippen molar-refractivity contribution in [3.8, 4) is 0 Å². The maximum atomic E-state index is 11.5. The molecule has 0 unspecified atom stereocenters. The fourth-order valence-corrected chi connectivity index (χ4v) is 2.37. The first-order valence-corrected chi connectivity index (χ1v) is 8.26. The Balaban J connectivity index is 2.09. The fraction of sp³-hybridized carbons (Fsp3) is 0.692. The van der Waals surface area contributed by atoms with Crippen molar-refractivity contribution < 1.29 is 9.53 Å². The molecule has 0 aromatic carbocycles. The van der Waals surface area contributed by atoms with Crippen LogP contribution in [0.1, 0.15) is 38.4 Å². The maximum Gasteiger partial charge on any atom is 0.315 e. The molecule has 0 amide bonds. The highest BCUT2D eigenvalue weighted by Crippen LogP contribution is 2.07. The van der Waals surface area contributed by atoms with Gasteiger partial charge in [-0.25, -0.2) is 0 Å². The molecule has 0 aliphatic carbocycles. The number of anilines is 2. The summed E-state index contributed by atoms with van der Waals surface area (Å²) in [4.78, 5) is 23.1. The number of nitrogen functional groups attached to an aromatic ring is 2. The van der Waals surface area contributed by atoms with Gasteiger partial charge >= 0.3 is 5.97 Å². The van der Waals surface area contributed by atoms with E-state index in [-0.39, 0.29) is 17.9 Å². The van der Waals surface area contributed by atoms with E-state index in [1.54, 1.807) is 0 Å². The van der Waals surface area contributed by atoms with Gasteiger partial charge in [-0.3, -0.25) is 4.79 Å². The van der Waals surface area contributed by atoms with Crippen LogP contribution in [0, 0.1) is 0 Å². The lowest BCUT2D eigenvalue weighted by Crippen LogP contribution is -2.10. The van der Waals surface area contributed by atoms with Gasteiger partial charge < -0.3 is 16.2 Å². The molecule has 1 aromatic heterocycles. The zero-order chi connectivity index (χ0) is 15.5. The Kier molecular flexibility index (Phi) is 8.49. The number of carbonyl (C=O) groups excluding carboxylic acids is 1. The number of carbonyl (C=O) groups is 1. The smallest absolute Gasteiger partial charge is 0.315 e. The quantitative estimate of drug-likeness (QED) is 0.492. The van der Waals surface area contributed by atoms with E-state index >= 15 is 0 Å². The summed E-state index contributed by atoms with van der Waals surface area (Å²) >= 11 is 1.48. The van der Waals surface area contributed by atoms with E-state index in [9.17, 15) is 4.79 Å². The fourth-order valence-electron chi connectivity index (χ4n) is 1.64. The first-order chi connectivity index (χ1) is 10.1. The van der Waals surface area contributed by atoms with Crippen molar-refractivity contribution in [2.45, 2.75) is 39.0 Å². The van der Waals surface area contributed by atoms with E-state index in [4.69, 9.17) is 16.2 Å². The van der Waals surface area contributed by atoms with Gasteiger partial charge in [0.2, 0.25) is 11.9 Å². The van der Waals surface area contributed by atoms with Crippen molar-refractivity contribution >= 4 is 29.6 Å². The first kappa shape index (κ1) is 17.5. The van der Waals surface area contributed by atoms with Crippen LogP contribution in [-0.2, 0) is 16.0 Å². The second kappa shape index (κ2) is 10.2. The molecule has 4 N–H and O–H groups in total. The summed E-state index contributed by atoms with van der Waals surface area (Å²) < 4.78 is 5.14. The van der Waals surface area contributed by atoms with E-state index in [2.05, 4.69) is 21.9 Å². The second-order valence-electron chi connectivity index (χ2n) is 4.55. The number of unbranched alkanes of at least 4 members (excludes halogenated alkanes) is 3. The molecule has 0 fully saturated rings. The van der Waals surface area contributed by atoms with Gasteiger partial charge in [-0.1, -0.05) is 26.2 Å². The highest BCUT2D eigenvalue weighted by atomic mass is 32.2. The lowest BCUT2D eigenvalue weighted by molar-refractivity contribution is -0.140. The Labute approximate surface area is 129 Å². The standard InChI is InChI=1S/C13H23N5O2S/c1-2-3-4-5-7-20-11(19)9-21-8-6-10-16-12(14)18-13(15)17-10/h2-9H2,1H3,(H4,14,15,16,17,18). The topological polar surface area (TPSA) is 117 Å². The predicted octanol–water partition coefficient (Wildman–Crippen LogP) is 1.44. The lowest BCUT2D eigenvalue weighted by atomic mass is 10.2. The molecule has 0 aliphatic heterocycles. The molecule has 0 aliphatic rings. The third-order valence-electron chi connectivity index (χ3n) is 2.67. The molecular formula is C13H23N5O2S. The number of nitrogens with zero attached hydrogens (tertiary/aromatic N) is 3. The van der Waals surface area contributed by atoms with Crippen LogP contribution >= 0.6 is 11.8 Å². The molecule has 1 rings (SSSR count). The van der Waals surface area contributed by atoms with E-state index in [0.717, 1.165) is 12.8 Å². The first-order valence-electron chi connectivity index (χ1n) is 7.11. The van der Waals surface area contributed by atoms with Gasteiger partial charge in [0.25, 0.3) is 0 Å². The summed E-state index contributed by atoms with van der Waals surface area (Å²) in [5.41, 5.74) is 11.0. The minimum atomic E-state index is -0.175. The molecule has 7 nitrogen and oxygen atoms in total. The highest BCUT2D eigenvalue weighted by Gasteiger charge is 2.05. The Bertz CT molecular complexity index is 424. The summed E-state index contributed by atoms with van der Waals surface area (Å²) in [6.45, 7) is 2.66. The van der Waals surface area contributed by atoms with E-state index in [1.165, 1.54) is 24.6 Å².